The van der Waals surface area contributed by atoms with Crippen LogP contribution in [0.1, 0.15) is 64.2 Å². The van der Waals surface area contributed by atoms with Crippen LogP contribution in [0, 0.1) is 23.2 Å². The van der Waals surface area contributed by atoms with Gasteiger partial charge in [0, 0.05) is 18.7 Å². The van der Waals surface area contributed by atoms with Gasteiger partial charge in [0.15, 0.2) is 11.5 Å². The van der Waals surface area contributed by atoms with Gasteiger partial charge in [-0.25, -0.2) is 4.98 Å². The summed E-state index contributed by atoms with van der Waals surface area (Å²) >= 11 is 0. The van der Waals surface area contributed by atoms with Gasteiger partial charge in [-0.05, 0) is 87.3 Å². The number of likely N-dealkylation sites (tertiary alicyclic amines) is 1. The molecule has 0 spiro atoms. The fraction of sp³-hybridized carbons (Fsp3) is 0.640. The van der Waals surface area contributed by atoms with Gasteiger partial charge in [0.2, 0.25) is 11.8 Å². The van der Waals surface area contributed by atoms with E-state index in [9.17, 15) is 9.59 Å². The number of anilines is 1. The molecule has 4 saturated carbocycles. The molecule has 2 amide bonds. The van der Waals surface area contributed by atoms with E-state index in [1.54, 1.807) is 0 Å². The van der Waals surface area contributed by atoms with Gasteiger partial charge in [0.05, 0.1) is 5.41 Å². The third kappa shape index (κ3) is 3.17. The first-order valence-electron chi connectivity index (χ1n) is 12.0. The van der Waals surface area contributed by atoms with Crippen molar-refractivity contribution in [2.24, 2.45) is 23.2 Å². The minimum absolute atomic E-state index is 0.0749. The second-order valence-electron chi connectivity index (χ2n) is 10.5. The monoisotopic (exact) mass is 421 g/mol. The summed E-state index contributed by atoms with van der Waals surface area (Å²) in [7, 11) is 0. The molecule has 1 aromatic carbocycles. The Kier molecular flexibility index (Phi) is 4.41. The lowest BCUT2D eigenvalue weighted by atomic mass is 9.49. The number of benzene rings is 1. The first-order chi connectivity index (χ1) is 15.0. The number of carbonyl (C=O) groups is 2. The second kappa shape index (κ2) is 7.07. The zero-order valence-corrected chi connectivity index (χ0v) is 18.2. The van der Waals surface area contributed by atoms with E-state index in [4.69, 9.17) is 4.42 Å². The summed E-state index contributed by atoms with van der Waals surface area (Å²) in [6.07, 6.45) is 9.48. The highest BCUT2D eigenvalue weighted by Gasteiger charge is 2.56. The number of oxazole rings is 1. The predicted octanol–water partition coefficient (Wildman–Crippen LogP) is 4.54. The Hall–Kier alpha value is -2.37. The number of aromatic nitrogens is 1. The normalized spacial score (nSPS) is 33.9. The van der Waals surface area contributed by atoms with Gasteiger partial charge in [-0.2, -0.15) is 0 Å². The summed E-state index contributed by atoms with van der Waals surface area (Å²) in [6.45, 7) is 2.71. The standard InChI is InChI=1S/C25H31N3O3/c1-2-22-27-19-11-18(5-6-21(19)31-22)26-23(29)20-4-3-7-28(20)24(30)25-12-15-8-16(13-25)10-17(9-15)14-25/h5-6,11,15-17,20H,2-4,7-10,12-14H2,1H3,(H,26,29). The first-order valence-corrected chi connectivity index (χ1v) is 12.0. The fourth-order valence-corrected chi connectivity index (χ4v) is 7.39. The highest BCUT2D eigenvalue weighted by molar-refractivity contribution is 5.99. The topological polar surface area (TPSA) is 75.4 Å². The van der Waals surface area contributed by atoms with Crippen molar-refractivity contribution in [1.82, 2.24) is 9.88 Å². The molecular formula is C25H31N3O3. The molecule has 2 heterocycles. The maximum Gasteiger partial charge on any atom is 0.247 e. The van der Waals surface area contributed by atoms with Gasteiger partial charge >= 0.3 is 0 Å². The Morgan fingerprint density at radius 3 is 2.55 bits per heavy atom. The number of amides is 2. The molecular weight excluding hydrogens is 390 g/mol. The molecule has 0 radical (unpaired) electrons. The number of carbonyl (C=O) groups excluding carboxylic acids is 2. The van der Waals surface area contributed by atoms with Gasteiger partial charge in [0.25, 0.3) is 0 Å². The molecule has 1 aromatic heterocycles. The Morgan fingerprint density at radius 2 is 1.87 bits per heavy atom. The molecule has 7 rings (SSSR count). The number of hydrogen-bond donors (Lipinski definition) is 1. The third-order valence-electron chi connectivity index (χ3n) is 8.31. The van der Waals surface area contributed by atoms with Crippen molar-refractivity contribution in [3.05, 3.63) is 24.1 Å². The van der Waals surface area contributed by atoms with Crippen LogP contribution in [-0.2, 0) is 16.0 Å². The smallest absolute Gasteiger partial charge is 0.247 e. The minimum atomic E-state index is -0.361. The van der Waals surface area contributed by atoms with Gasteiger partial charge in [-0.1, -0.05) is 6.92 Å². The molecule has 31 heavy (non-hydrogen) atoms. The molecule has 5 fully saturated rings. The first kappa shape index (κ1) is 19.3. The van der Waals surface area contributed by atoms with E-state index in [-0.39, 0.29) is 23.3 Å². The van der Waals surface area contributed by atoms with Crippen molar-refractivity contribution < 1.29 is 14.0 Å². The Balaban J connectivity index is 1.20. The Morgan fingerprint density at radius 1 is 1.16 bits per heavy atom. The molecule has 1 saturated heterocycles. The highest BCUT2D eigenvalue weighted by atomic mass is 16.3. The summed E-state index contributed by atoms with van der Waals surface area (Å²) in [5, 5.41) is 3.05. The molecule has 1 atom stereocenters. The van der Waals surface area contributed by atoms with Crippen LogP contribution in [0.2, 0.25) is 0 Å². The molecule has 5 aliphatic rings. The van der Waals surface area contributed by atoms with Crippen molar-refractivity contribution in [3.63, 3.8) is 0 Å². The average Bonchev–Trinajstić information content (AvgIpc) is 3.38. The Bertz CT molecular complexity index is 1010. The summed E-state index contributed by atoms with van der Waals surface area (Å²) in [6, 6.07) is 5.20. The summed E-state index contributed by atoms with van der Waals surface area (Å²) in [4.78, 5) is 33.4. The number of fused-ring (bicyclic) bond motifs is 1. The molecule has 164 valence electrons. The van der Waals surface area contributed by atoms with Crippen molar-refractivity contribution in [2.45, 2.75) is 70.8 Å². The fourth-order valence-electron chi connectivity index (χ4n) is 7.39. The van der Waals surface area contributed by atoms with Crippen LogP contribution >= 0.6 is 0 Å². The zero-order chi connectivity index (χ0) is 21.2. The molecule has 1 unspecified atom stereocenters. The predicted molar refractivity (Wildman–Crippen MR) is 117 cm³/mol. The van der Waals surface area contributed by atoms with E-state index in [0.29, 0.717) is 18.1 Å². The Labute approximate surface area is 182 Å². The number of hydrogen-bond acceptors (Lipinski definition) is 4. The number of nitrogens with one attached hydrogen (secondary N) is 1. The number of rotatable bonds is 4. The van der Waals surface area contributed by atoms with E-state index >= 15 is 0 Å². The van der Waals surface area contributed by atoms with Gasteiger partial charge < -0.3 is 14.6 Å². The van der Waals surface area contributed by atoms with Crippen molar-refractivity contribution in [2.75, 3.05) is 11.9 Å². The van der Waals surface area contributed by atoms with Crippen molar-refractivity contribution in [3.8, 4) is 0 Å². The lowest BCUT2D eigenvalue weighted by Gasteiger charge is -2.56. The number of nitrogens with zero attached hydrogens (tertiary/aromatic N) is 2. The van der Waals surface area contributed by atoms with Crippen LogP contribution in [-0.4, -0.2) is 34.3 Å². The maximum absolute atomic E-state index is 13.8. The number of aryl methyl sites for hydroxylation is 1. The van der Waals surface area contributed by atoms with Gasteiger partial charge in [-0.3, -0.25) is 9.59 Å². The zero-order valence-electron chi connectivity index (χ0n) is 18.2. The molecule has 2 aromatic rings. The average molecular weight is 422 g/mol. The maximum atomic E-state index is 13.8. The van der Waals surface area contributed by atoms with Crippen LogP contribution in [0.4, 0.5) is 5.69 Å². The van der Waals surface area contributed by atoms with E-state index in [1.807, 2.05) is 30.0 Å². The molecule has 4 aliphatic carbocycles. The van der Waals surface area contributed by atoms with Gasteiger partial charge in [-0.15, -0.1) is 0 Å². The molecule has 6 nitrogen and oxygen atoms in total. The van der Waals surface area contributed by atoms with Crippen LogP contribution in [0.15, 0.2) is 22.6 Å². The second-order valence-corrected chi connectivity index (χ2v) is 10.5. The van der Waals surface area contributed by atoms with Crippen LogP contribution < -0.4 is 5.32 Å². The summed E-state index contributed by atoms with van der Waals surface area (Å²) in [5.74, 6) is 3.08. The molecule has 1 N–H and O–H groups in total. The molecule has 1 aliphatic heterocycles. The van der Waals surface area contributed by atoms with E-state index in [2.05, 4.69) is 10.3 Å². The third-order valence-corrected chi connectivity index (χ3v) is 8.31. The quantitative estimate of drug-likeness (QED) is 0.787. The highest BCUT2D eigenvalue weighted by Crippen LogP contribution is 2.60. The van der Waals surface area contributed by atoms with Crippen molar-refractivity contribution >= 4 is 28.6 Å². The van der Waals surface area contributed by atoms with Crippen molar-refractivity contribution in [1.29, 1.82) is 0 Å². The summed E-state index contributed by atoms with van der Waals surface area (Å²) < 4.78 is 5.67. The molecule has 6 heteroatoms. The van der Waals surface area contributed by atoms with Crippen LogP contribution in [0.5, 0.6) is 0 Å². The van der Waals surface area contributed by atoms with E-state index < -0.39 is 0 Å². The SMILES string of the molecule is CCc1nc2cc(NC(=O)C3CCCN3C(=O)C34CC5CC(CC(C5)C3)C4)ccc2o1. The van der Waals surface area contributed by atoms with Gasteiger partial charge in [0.1, 0.15) is 11.6 Å². The van der Waals surface area contributed by atoms with Crippen LogP contribution in [0.3, 0.4) is 0 Å². The van der Waals surface area contributed by atoms with Crippen LogP contribution in [0.25, 0.3) is 11.1 Å². The van der Waals surface area contributed by atoms with E-state index in [0.717, 1.165) is 67.4 Å². The molecule has 4 bridgehead atoms. The largest absolute Gasteiger partial charge is 0.441 e. The lowest BCUT2D eigenvalue weighted by Crippen LogP contribution is -2.56. The van der Waals surface area contributed by atoms with E-state index in [1.165, 1.54) is 19.3 Å². The lowest BCUT2D eigenvalue weighted by molar-refractivity contribution is -0.160. The minimum Gasteiger partial charge on any atom is -0.441 e. The summed E-state index contributed by atoms with van der Waals surface area (Å²) in [5.41, 5.74) is 2.01.